The number of imidazole rings is 1. The van der Waals surface area contributed by atoms with E-state index in [0.29, 0.717) is 6.61 Å². The number of unbranched alkanes of at least 4 members (excludes halogenated alkanes) is 1. The lowest BCUT2D eigenvalue weighted by Crippen LogP contribution is -2.23. The lowest BCUT2D eigenvalue weighted by molar-refractivity contribution is -0.671. The van der Waals surface area contributed by atoms with Crippen LogP contribution in [-0.2, 0) is 28.4 Å². The quantitative estimate of drug-likeness (QED) is 0.421. The minimum Gasteiger partial charge on any atom is -0.748 e. The van der Waals surface area contributed by atoms with Gasteiger partial charge in [0.15, 0.2) is 0 Å². The van der Waals surface area contributed by atoms with Gasteiger partial charge in [0.25, 0.3) is 0 Å². The van der Waals surface area contributed by atoms with Crippen molar-refractivity contribution in [3.05, 3.63) is 18.7 Å². The maximum atomic E-state index is 9.87. The second-order valence-electron chi connectivity index (χ2n) is 4.13. The lowest BCUT2D eigenvalue weighted by atomic mass is 10.3. The Morgan fingerprint density at radius 2 is 2.05 bits per heavy atom. The molecule has 0 amide bonds. The zero-order valence-electron chi connectivity index (χ0n) is 11.9. The van der Waals surface area contributed by atoms with Crippen molar-refractivity contribution in [1.82, 2.24) is 4.57 Å². The zero-order chi connectivity index (χ0) is 14.7. The second kappa shape index (κ2) is 9.94. The molecule has 112 valence electrons. The largest absolute Gasteiger partial charge is 0.748 e. The second-order valence-corrected chi connectivity index (χ2v) is 5.65. The van der Waals surface area contributed by atoms with Crippen molar-refractivity contribution in [2.24, 2.45) is 7.05 Å². The Kier molecular flexibility index (Phi) is 9.46. The summed E-state index contributed by atoms with van der Waals surface area (Å²) in [6.07, 6.45) is 8.82. The van der Waals surface area contributed by atoms with Crippen molar-refractivity contribution in [2.45, 2.75) is 33.2 Å². The average molecular weight is 292 g/mol. The minimum atomic E-state index is -4.07. The molecule has 0 spiro atoms. The molecule has 6 nitrogen and oxygen atoms in total. The van der Waals surface area contributed by atoms with E-state index in [-0.39, 0.29) is 6.61 Å². The Morgan fingerprint density at radius 1 is 1.37 bits per heavy atom. The Balaban J connectivity index is 0.000000344. The molecule has 0 aromatic carbocycles. The maximum Gasteiger partial charge on any atom is 0.243 e. The van der Waals surface area contributed by atoms with Crippen LogP contribution in [0.2, 0.25) is 0 Å². The maximum absolute atomic E-state index is 9.87. The summed E-state index contributed by atoms with van der Waals surface area (Å²) in [5.74, 6) is -0.430. The summed E-state index contributed by atoms with van der Waals surface area (Å²) in [4.78, 5) is 0. The molecule has 0 N–H and O–H groups in total. The van der Waals surface area contributed by atoms with Crippen molar-refractivity contribution in [2.75, 3.05) is 19.0 Å². The van der Waals surface area contributed by atoms with E-state index in [1.54, 1.807) is 6.92 Å². The molecule has 0 atom stereocenters. The van der Waals surface area contributed by atoms with Crippen LogP contribution in [0.25, 0.3) is 0 Å². The van der Waals surface area contributed by atoms with Gasteiger partial charge >= 0.3 is 0 Å². The Bertz CT molecular complexity index is 429. The van der Waals surface area contributed by atoms with Gasteiger partial charge in [-0.25, -0.2) is 17.6 Å². The van der Waals surface area contributed by atoms with Crippen LogP contribution in [0, 0.1) is 0 Å². The molecule has 0 bridgehead atoms. The molecular weight excluding hydrogens is 268 g/mol. The molecule has 0 saturated heterocycles. The van der Waals surface area contributed by atoms with Gasteiger partial charge in [-0.05, 0) is 13.3 Å². The summed E-state index contributed by atoms with van der Waals surface area (Å²) in [5, 5.41) is 0. The first-order chi connectivity index (χ1) is 8.89. The summed E-state index contributed by atoms with van der Waals surface area (Å²) in [5.41, 5.74) is 0. The SMILES string of the molecule is CCCCn1cc[n+](C)c1.CCOCCS(=O)(=O)[O-]. The van der Waals surface area contributed by atoms with Gasteiger partial charge in [0, 0.05) is 6.61 Å². The van der Waals surface area contributed by atoms with E-state index in [0.717, 1.165) is 6.54 Å². The van der Waals surface area contributed by atoms with Gasteiger partial charge in [-0.3, -0.25) is 0 Å². The molecule has 7 heteroatoms. The summed E-state index contributed by atoms with van der Waals surface area (Å²) in [6.45, 7) is 5.54. The van der Waals surface area contributed by atoms with Crippen molar-refractivity contribution < 1.29 is 22.3 Å². The molecule has 0 aliphatic heterocycles. The van der Waals surface area contributed by atoms with Gasteiger partial charge < -0.3 is 9.29 Å². The van der Waals surface area contributed by atoms with Gasteiger partial charge in [0.1, 0.15) is 12.4 Å². The highest BCUT2D eigenvalue weighted by Gasteiger charge is 1.96. The Labute approximate surface area is 115 Å². The molecule has 0 saturated carbocycles. The molecule has 0 unspecified atom stereocenters. The summed E-state index contributed by atoms with van der Waals surface area (Å²) < 4.78 is 38.5. The topological polar surface area (TPSA) is 75.2 Å². The summed E-state index contributed by atoms with van der Waals surface area (Å²) >= 11 is 0. The fraction of sp³-hybridized carbons (Fsp3) is 0.750. The number of ether oxygens (including phenoxy) is 1. The Morgan fingerprint density at radius 3 is 2.47 bits per heavy atom. The van der Waals surface area contributed by atoms with E-state index < -0.39 is 15.9 Å². The predicted molar refractivity (Wildman–Crippen MR) is 71.6 cm³/mol. The van der Waals surface area contributed by atoms with Gasteiger partial charge in [-0.2, -0.15) is 0 Å². The van der Waals surface area contributed by atoms with Gasteiger partial charge in [0.2, 0.25) is 6.33 Å². The standard InChI is InChI=1S/C8H15N2.C4H10O4S/c1-3-4-5-10-7-6-9(2)8-10;1-2-8-3-4-9(5,6)7/h6-8H,3-5H2,1-2H3;2-4H2,1H3,(H,5,6,7)/q+1;/p-1. The van der Waals surface area contributed by atoms with Crippen LogP contribution in [0.4, 0.5) is 0 Å². The van der Waals surface area contributed by atoms with Crippen molar-refractivity contribution >= 4 is 10.1 Å². The third-order valence-corrected chi connectivity index (χ3v) is 2.94. The molecule has 0 aliphatic rings. The predicted octanol–water partition coefficient (Wildman–Crippen LogP) is 0.681. The van der Waals surface area contributed by atoms with Crippen molar-refractivity contribution in [3.8, 4) is 0 Å². The molecular formula is C12H24N2O4S. The molecule has 1 aromatic rings. The van der Waals surface area contributed by atoms with Gasteiger partial charge in [-0.1, -0.05) is 13.3 Å². The molecule has 1 heterocycles. The highest BCUT2D eigenvalue weighted by molar-refractivity contribution is 7.85. The van der Waals surface area contributed by atoms with Crippen LogP contribution >= 0.6 is 0 Å². The van der Waals surface area contributed by atoms with Gasteiger partial charge in [0.05, 0.1) is 36.1 Å². The van der Waals surface area contributed by atoms with Gasteiger partial charge in [-0.15, -0.1) is 0 Å². The van der Waals surface area contributed by atoms with Crippen LogP contribution in [0.15, 0.2) is 18.7 Å². The van der Waals surface area contributed by atoms with E-state index in [1.165, 1.54) is 12.8 Å². The number of aromatic nitrogens is 2. The van der Waals surface area contributed by atoms with E-state index in [2.05, 4.69) is 39.5 Å². The molecule has 1 aromatic heterocycles. The number of rotatable bonds is 7. The first-order valence-corrected chi connectivity index (χ1v) is 7.99. The molecule has 0 aliphatic carbocycles. The summed E-state index contributed by atoms with van der Waals surface area (Å²) in [7, 11) is -2.03. The fourth-order valence-electron chi connectivity index (χ4n) is 1.28. The minimum absolute atomic E-state index is 0.00231. The lowest BCUT2D eigenvalue weighted by Gasteiger charge is -2.04. The van der Waals surface area contributed by atoms with Crippen molar-refractivity contribution in [1.29, 1.82) is 0 Å². The van der Waals surface area contributed by atoms with E-state index in [1.807, 2.05) is 7.05 Å². The third-order valence-electron chi connectivity index (χ3n) is 2.28. The molecule has 1 rings (SSSR count). The number of nitrogens with zero attached hydrogens (tertiary/aromatic N) is 2. The monoisotopic (exact) mass is 292 g/mol. The highest BCUT2D eigenvalue weighted by atomic mass is 32.2. The van der Waals surface area contributed by atoms with Crippen LogP contribution in [-0.4, -0.2) is 36.5 Å². The smallest absolute Gasteiger partial charge is 0.243 e. The normalized spacial score (nSPS) is 10.9. The zero-order valence-corrected chi connectivity index (χ0v) is 12.7. The van der Waals surface area contributed by atoms with Crippen LogP contribution in [0.5, 0.6) is 0 Å². The Hall–Kier alpha value is -0.920. The van der Waals surface area contributed by atoms with E-state index in [9.17, 15) is 13.0 Å². The first kappa shape index (κ1) is 18.1. The number of hydrogen-bond donors (Lipinski definition) is 0. The fourth-order valence-corrected chi connectivity index (χ4v) is 1.60. The van der Waals surface area contributed by atoms with Crippen molar-refractivity contribution in [3.63, 3.8) is 0 Å². The number of hydrogen-bond acceptors (Lipinski definition) is 4. The molecule has 19 heavy (non-hydrogen) atoms. The summed E-state index contributed by atoms with van der Waals surface area (Å²) in [6, 6.07) is 0. The number of aryl methyl sites for hydroxylation is 2. The van der Waals surface area contributed by atoms with Crippen LogP contribution in [0.1, 0.15) is 26.7 Å². The first-order valence-electron chi connectivity index (χ1n) is 6.41. The third kappa shape index (κ3) is 11.9. The molecule has 0 radical (unpaired) electrons. The van der Waals surface area contributed by atoms with Crippen LogP contribution < -0.4 is 4.57 Å². The van der Waals surface area contributed by atoms with E-state index >= 15 is 0 Å². The molecule has 0 fully saturated rings. The van der Waals surface area contributed by atoms with E-state index in [4.69, 9.17) is 0 Å². The average Bonchev–Trinajstić information content (AvgIpc) is 2.72. The highest BCUT2D eigenvalue weighted by Crippen LogP contribution is 1.91. The van der Waals surface area contributed by atoms with Crippen LogP contribution in [0.3, 0.4) is 0 Å².